The molecule has 0 bridgehead atoms. The van der Waals surface area contributed by atoms with Crippen LogP contribution < -0.4 is 4.90 Å². The van der Waals surface area contributed by atoms with E-state index in [-0.39, 0.29) is 18.3 Å². The average Bonchev–Trinajstić information content (AvgIpc) is 2.28. The largest absolute Gasteiger partial charge is 0.392 e. The summed E-state index contributed by atoms with van der Waals surface area (Å²) in [5.41, 5.74) is 0.903. The Morgan fingerprint density at radius 2 is 2.25 bits per heavy atom. The van der Waals surface area contributed by atoms with Gasteiger partial charge in [-0.25, -0.2) is 4.39 Å². The van der Waals surface area contributed by atoms with Crippen LogP contribution in [-0.4, -0.2) is 18.7 Å². The van der Waals surface area contributed by atoms with Crippen LogP contribution in [0.2, 0.25) is 0 Å². The molecule has 0 aliphatic rings. The van der Waals surface area contributed by atoms with Gasteiger partial charge in [-0.1, -0.05) is 12.1 Å². The number of hydrogen-bond acceptors (Lipinski definition) is 3. The van der Waals surface area contributed by atoms with Crippen LogP contribution >= 0.6 is 0 Å². The predicted octanol–water partition coefficient (Wildman–Crippen LogP) is 1.91. The zero-order valence-electron chi connectivity index (χ0n) is 9.44. The fourth-order valence-electron chi connectivity index (χ4n) is 1.66. The van der Waals surface area contributed by atoms with Gasteiger partial charge in [-0.05, 0) is 13.0 Å². The van der Waals surface area contributed by atoms with Crippen LogP contribution in [0.4, 0.5) is 10.1 Å². The van der Waals surface area contributed by atoms with E-state index in [1.165, 1.54) is 6.07 Å². The van der Waals surface area contributed by atoms with E-state index in [2.05, 4.69) is 6.07 Å². The van der Waals surface area contributed by atoms with Crippen molar-refractivity contribution in [1.29, 1.82) is 5.26 Å². The van der Waals surface area contributed by atoms with E-state index in [9.17, 15) is 4.39 Å². The van der Waals surface area contributed by atoms with Gasteiger partial charge in [0.1, 0.15) is 5.82 Å². The van der Waals surface area contributed by atoms with Gasteiger partial charge in [-0.3, -0.25) is 0 Å². The summed E-state index contributed by atoms with van der Waals surface area (Å²) >= 11 is 0. The monoisotopic (exact) mass is 222 g/mol. The van der Waals surface area contributed by atoms with Crippen molar-refractivity contribution in [1.82, 2.24) is 0 Å². The molecule has 0 heterocycles. The second kappa shape index (κ2) is 5.47. The Kier molecular flexibility index (Phi) is 4.27. The average molecular weight is 222 g/mol. The van der Waals surface area contributed by atoms with Crippen LogP contribution in [0.15, 0.2) is 18.2 Å². The second-order valence-corrected chi connectivity index (χ2v) is 3.82. The minimum absolute atomic E-state index is 0.184. The number of aliphatic hydroxyl groups excluding tert-OH is 1. The lowest BCUT2D eigenvalue weighted by atomic mass is 10.1. The molecule has 1 aromatic carbocycles. The Hall–Kier alpha value is -1.60. The fraction of sp³-hybridized carbons (Fsp3) is 0.417. The van der Waals surface area contributed by atoms with Crippen LogP contribution in [-0.2, 0) is 6.61 Å². The van der Waals surface area contributed by atoms with Crippen molar-refractivity contribution in [3.63, 3.8) is 0 Å². The highest BCUT2D eigenvalue weighted by atomic mass is 19.1. The number of anilines is 1. The zero-order valence-corrected chi connectivity index (χ0v) is 9.44. The van der Waals surface area contributed by atoms with Gasteiger partial charge in [0.2, 0.25) is 0 Å². The van der Waals surface area contributed by atoms with E-state index < -0.39 is 0 Å². The molecule has 0 aliphatic carbocycles. The number of hydrogen-bond donors (Lipinski definition) is 1. The third kappa shape index (κ3) is 2.71. The van der Waals surface area contributed by atoms with Crippen LogP contribution in [0, 0.1) is 23.1 Å². The van der Waals surface area contributed by atoms with Gasteiger partial charge in [-0.2, -0.15) is 5.26 Å². The molecule has 4 heteroatoms. The maximum Gasteiger partial charge on any atom is 0.146 e. The van der Waals surface area contributed by atoms with Crippen molar-refractivity contribution in [3.8, 4) is 6.07 Å². The maximum absolute atomic E-state index is 13.6. The molecule has 0 amide bonds. The van der Waals surface area contributed by atoms with E-state index in [0.29, 0.717) is 17.8 Å². The van der Waals surface area contributed by atoms with Crippen molar-refractivity contribution in [2.75, 3.05) is 18.5 Å². The van der Waals surface area contributed by atoms with Gasteiger partial charge in [0, 0.05) is 19.2 Å². The summed E-state index contributed by atoms with van der Waals surface area (Å²) in [5.74, 6) is -0.560. The molecule has 0 fully saturated rings. The van der Waals surface area contributed by atoms with Crippen molar-refractivity contribution in [2.45, 2.75) is 13.5 Å². The molecular formula is C12H15FN2O. The molecule has 1 unspecified atom stereocenters. The number of nitrogens with zero attached hydrogens (tertiary/aromatic N) is 2. The summed E-state index contributed by atoms with van der Waals surface area (Å²) < 4.78 is 13.6. The topological polar surface area (TPSA) is 47.3 Å². The van der Waals surface area contributed by atoms with Gasteiger partial charge in [-0.15, -0.1) is 0 Å². The number of rotatable bonds is 4. The summed E-state index contributed by atoms with van der Waals surface area (Å²) in [6.07, 6.45) is 0. The first kappa shape index (κ1) is 12.5. The molecule has 86 valence electrons. The van der Waals surface area contributed by atoms with E-state index in [1.807, 2.05) is 0 Å². The first-order valence-electron chi connectivity index (χ1n) is 5.09. The second-order valence-electron chi connectivity index (χ2n) is 3.82. The van der Waals surface area contributed by atoms with Crippen LogP contribution in [0.25, 0.3) is 0 Å². The normalized spacial score (nSPS) is 11.9. The molecule has 16 heavy (non-hydrogen) atoms. The summed E-state index contributed by atoms with van der Waals surface area (Å²) in [6.45, 7) is 2.00. The standard InChI is InChI=1S/C12H15FN2O/c1-9(6-14)7-15(2)12-10(8-16)4-3-5-11(12)13/h3-5,9,16H,7-8H2,1-2H3. The number of aliphatic hydroxyl groups is 1. The van der Waals surface area contributed by atoms with E-state index >= 15 is 0 Å². The van der Waals surface area contributed by atoms with Crippen LogP contribution in [0.5, 0.6) is 0 Å². The SMILES string of the molecule is CC(C#N)CN(C)c1c(F)cccc1CO. The van der Waals surface area contributed by atoms with Crippen LogP contribution in [0.3, 0.4) is 0 Å². The molecule has 0 radical (unpaired) electrons. The van der Waals surface area contributed by atoms with Crippen molar-refractivity contribution in [3.05, 3.63) is 29.6 Å². The van der Waals surface area contributed by atoms with Gasteiger partial charge in [0.15, 0.2) is 0 Å². The van der Waals surface area contributed by atoms with Crippen molar-refractivity contribution >= 4 is 5.69 Å². The number of para-hydroxylation sites is 1. The van der Waals surface area contributed by atoms with E-state index in [0.717, 1.165) is 0 Å². The Labute approximate surface area is 94.7 Å². The molecule has 0 saturated carbocycles. The number of benzene rings is 1. The Bertz CT molecular complexity index is 400. The first-order valence-corrected chi connectivity index (χ1v) is 5.09. The van der Waals surface area contributed by atoms with Gasteiger partial charge < -0.3 is 10.0 Å². The molecule has 0 aliphatic heterocycles. The zero-order chi connectivity index (χ0) is 12.1. The van der Waals surface area contributed by atoms with Gasteiger partial charge >= 0.3 is 0 Å². The van der Waals surface area contributed by atoms with Crippen LogP contribution in [0.1, 0.15) is 12.5 Å². The molecule has 3 nitrogen and oxygen atoms in total. The lowest BCUT2D eigenvalue weighted by Crippen LogP contribution is -2.25. The molecule has 1 N–H and O–H groups in total. The Balaban J connectivity index is 2.98. The number of nitriles is 1. The summed E-state index contributed by atoms with van der Waals surface area (Å²) in [7, 11) is 1.71. The third-order valence-electron chi connectivity index (χ3n) is 2.39. The predicted molar refractivity (Wildman–Crippen MR) is 60.4 cm³/mol. The van der Waals surface area contributed by atoms with Gasteiger partial charge in [0.25, 0.3) is 0 Å². The lowest BCUT2D eigenvalue weighted by Gasteiger charge is -2.23. The minimum atomic E-state index is -0.376. The molecule has 1 aromatic rings. The smallest absolute Gasteiger partial charge is 0.146 e. The molecule has 1 rings (SSSR count). The summed E-state index contributed by atoms with van der Waals surface area (Å²) in [5, 5.41) is 17.8. The minimum Gasteiger partial charge on any atom is -0.392 e. The number of halogens is 1. The summed E-state index contributed by atoms with van der Waals surface area (Å²) in [6, 6.07) is 6.68. The Morgan fingerprint density at radius 1 is 1.56 bits per heavy atom. The van der Waals surface area contributed by atoms with E-state index in [4.69, 9.17) is 10.4 Å². The molecule has 0 saturated heterocycles. The highest BCUT2D eigenvalue weighted by Gasteiger charge is 2.14. The summed E-state index contributed by atoms with van der Waals surface area (Å²) in [4.78, 5) is 1.66. The highest BCUT2D eigenvalue weighted by molar-refractivity contribution is 5.54. The Morgan fingerprint density at radius 3 is 2.81 bits per heavy atom. The van der Waals surface area contributed by atoms with E-state index in [1.54, 1.807) is 31.0 Å². The van der Waals surface area contributed by atoms with Crippen molar-refractivity contribution < 1.29 is 9.50 Å². The molecule has 0 aromatic heterocycles. The quantitative estimate of drug-likeness (QED) is 0.846. The van der Waals surface area contributed by atoms with Gasteiger partial charge in [0.05, 0.1) is 24.3 Å². The third-order valence-corrected chi connectivity index (χ3v) is 2.39. The lowest BCUT2D eigenvalue weighted by molar-refractivity contribution is 0.281. The maximum atomic E-state index is 13.6. The highest BCUT2D eigenvalue weighted by Crippen LogP contribution is 2.24. The fourth-order valence-corrected chi connectivity index (χ4v) is 1.66. The molecule has 0 spiro atoms. The first-order chi connectivity index (χ1) is 7.60. The molecule has 1 atom stereocenters. The molecular weight excluding hydrogens is 207 g/mol. The van der Waals surface area contributed by atoms with Crippen molar-refractivity contribution in [2.24, 2.45) is 5.92 Å².